The lowest BCUT2D eigenvalue weighted by Gasteiger charge is -2.33. The Morgan fingerprint density at radius 1 is 0.929 bits per heavy atom. The second kappa shape index (κ2) is 14.4. The summed E-state index contributed by atoms with van der Waals surface area (Å²) in [5.41, 5.74) is 2.20. The number of amides is 2. The van der Waals surface area contributed by atoms with Crippen molar-refractivity contribution in [2.75, 3.05) is 17.5 Å². The van der Waals surface area contributed by atoms with Crippen molar-refractivity contribution in [1.29, 1.82) is 0 Å². The number of anilines is 1. The van der Waals surface area contributed by atoms with E-state index in [0.29, 0.717) is 18.0 Å². The number of nitrogens with zero attached hydrogens (tertiary/aromatic N) is 2. The minimum atomic E-state index is -4.11. The summed E-state index contributed by atoms with van der Waals surface area (Å²) >= 11 is 0. The molecule has 0 aromatic heterocycles. The zero-order chi connectivity index (χ0) is 30.1. The second-order valence-corrected chi connectivity index (χ2v) is 12.6. The third kappa shape index (κ3) is 7.70. The van der Waals surface area contributed by atoms with Gasteiger partial charge in [-0.05, 0) is 81.1 Å². The lowest BCUT2D eigenvalue weighted by Crippen LogP contribution is -2.53. The Bertz CT molecular complexity index is 1440. The Labute approximate surface area is 249 Å². The molecule has 9 heteroatoms. The van der Waals surface area contributed by atoms with E-state index in [1.807, 2.05) is 38.1 Å². The van der Waals surface area contributed by atoms with E-state index >= 15 is 0 Å². The van der Waals surface area contributed by atoms with E-state index in [9.17, 15) is 18.0 Å². The highest BCUT2D eigenvalue weighted by atomic mass is 32.2. The molecule has 42 heavy (non-hydrogen) atoms. The number of carbonyl (C=O) groups is 2. The first-order valence-electron chi connectivity index (χ1n) is 14.7. The summed E-state index contributed by atoms with van der Waals surface area (Å²) in [5, 5.41) is 3.14. The first-order chi connectivity index (χ1) is 20.2. The molecule has 1 aliphatic rings. The van der Waals surface area contributed by atoms with Crippen LogP contribution in [0.15, 0.2) is 83.8 Å². The van der Waals surface area contributed by atoms with Crippen LogP contribution >= 0.6 is 0 Å². The van der Waals surface area contributed by atoms with Crippen LogP contribution < -0.4 is 14.4 Å². The molecule has 1 saturated carbocycles. The maximum Gasteiger partial charge on any atom is 0.264 e. The van der Waals surface area contributed by atoms with Crippen LogP contribution in [0.4, 0.5) is 5.69 Å². The molecule has 3 aromatic carbocycles. The van der Waals surface area contributed by atoms with Gasteiger partial charge in [-0.3, -0.25) is 13.9 Å². The highest BCUT2D eigenvalue weighted by Crippen LogP contribution is 2.27. The number of sulfonamides is 1. The quantitative estimate of drug-likeness (QED) is 0.302. The average molecular weight is 592 g/mol. The molecule has 1 N–H and O–H groups in total. The Hall–Kier alpha value is -3.85. The van der Waals surface area contributed by atoms with Crippen molar-refractivity contribution in [2.45, 2.75) is 76.4 Å². The minimum absolute atomic E-state index is 0.0697. The van der Waals surface area contributed by atoms with Crippen molar-refractivity contribution in [3.05, 3.63) is 90.0 Å². The van der Waals surface area contributed by atoms with Gasteiger partial charge in [0.2, 0.25) is 11.8 Å². The molecule has 1 aliphatic carbocycles. The molecule has 3 aromatic rings. The van der Waals surface area contributed by atoms with E-state index in [-0.39, 0.29) is 23.4 Å². The van der Waals surface area contributed by atoms with Crippen LogP contribution in [-0.4, -0.2) is 50.4 Å². The Morgan fingerprint density at radius 2 is 1.57 bits per heavy atom. The molecule has 1 fully saturated rings. The zero-order valence-electron chi connectivity index (χ0n) is 24.7. The summed E-state index contributed by atoms with van der Waals surface area (Å²) in [6.45, 7) is 5.70. The maximum absolute atomic E-state index is 14.1. The van der Waals surface area contributed by atoms with E-state index in [4.69, 9.17) is 4.74 Å². The van der Waals surface area contributed by atoms with Crippen molar-refractivity contribution < 1.29 is 22.7 Å². The number of carbonyl (C=O) groups excluding carboxylic acids is 2. The monoisotopic (exact) mass is 591 g/mol. The summed E-state index contributed by atoms with van der Waals surface area (Å²) in [4.78, 5) is 29.2. The van der Waals surface area contributed by atoms with Gasteiger partial charge in [0, 0.05) is 12.6 Å². The third-order valence-electron chi connectivity index (χ3n) is 7.77. The minimum Gasteiger partial charge on any atom is -0.494 e. The molecule has 0 saturated heterocycles. The molecule has 1 atom stereocenters. The summed E-state index contributed by atoms with van der Waals surface area (Å²) < 4.78 is 34.5. The SMILES string of the molecule is CCOc1ccc(N(CC(=O)N(Cc2ccccc2C)[C@H](C)C(=O)NC2CCCCC2)S(=O)(=O)c2ccccc2)cc1. The normalized spacial score (nSPS) is 14.5. The fraction of sp³-hybridized carbons (Fsp3) is 0.394. The van der Waals surface area contributed by atoms with Crippen LogP contribution in [0.5, 0.6) is 5.75 Å². The molecule has 0 unspecified atom stereocenters. The first-order valence-corrected chi connectivity index (χ1v) is 16.1. The van der Waals surface area contributed by atoms with Crippen LogP contribution in [0, 0.1) is 6.92 Å². The predicted molar refractivity (Wildman–Crippen MR) is 165 cm³/mol. The highest BCUT2D eigenvalue weighted by molar-refractivity contribution is 7.92. The van der Waals surface area contributed by atoms with Crippen molar-refractivity contribution in [3.63, 3.8) is 0 Å². The fourth-order valence-corrected chi connectivity index (χ4v) is 6.68. The number of ether oxygens (including phenoxy) is 1. The van der Waals surface area contributed by atoms with Crippen molar-refractivity contribution >= 4 is 27.5 Å². The van der Waals surface area contributed by atoms with Crippen LogP contribution in [0.25, 0.3) is 0 Å². The van der Waals surface area contributed by atoms with E-state index in [1.165, 1.54) is 17.0 Å². The molecule has 2 amide bonds. The van der Waals surface area contributed by atoms with Crippen LogP contribution in [0.1, 0.15) is 57.1 Å². The topological polar surface area (TPSA) is 96.0 Å². The number of nitrogens with one attached hydrogen (secondary N) is 1. The zero-order valence-corrected chi connectivity index (χ0v) is 25.5. The van der Waals surface area contributed by atoms with Gasteiger partial charge in [-0.1, -0.05) is 61.7 Å². The summed E-state index contributed by atoms with van der Waals surface area (Å²) in [6.07, 6.45) is 5.15. The summed E-state index contributed by atoms with van der Waals surface area (Å²) in [6, 6.07) is 21.6. The lowest BCUT2D eigenvalue weighted by molar-refractivity contribution is -0.139. The van der Waals surface area contributed by atoms with E-state index < -0.39 is 28.5 Å². The number of rotatable bonds is 12. The first kappa shape index (κ1) is 31.1. The molecule has 0 radical (unpaired) electrons. The molecule has 224 valence electrons. The molecule has 0 heterocycles. The van der Waals surface area contributed by atoms with E-state index in [2.05, 4.69) is 5.32 Å². The standard InChI is InChI=1S/C33H41N3O5S/c1-4-41-30-21-19-29(20-22-30)36(42(39,40)31-17-9-6-10-18-31)24-32(37)35(23-27-14-12-11-13-25(27)2)26(3)33(38)34-28-15-7-5-8-16-28/h6,9-14,17-22,26,28H,4-5,7-8,15-16,23-24H2,1-3H3,(H,34,38)/t26-/m1/s1. The largest absolute Gasteiger partial charge is 0.494 e. The van der Waals surface area contributed by atoms with Gasteiger partial charge in [0.1, 0.15) is 18.3 Å². The number of hydrogen-bond acceptors (Lipinski definition) is 5. The number of benzene rings is 3. The lowest BCUT2D eigenvalue weighted by atomic mass is 9.95. The fourth-order valence-electron chi connectivity index (χ4n) is 5.25. The van der Waals surface area contributed by atoms with Crippen LogP contribution in [-0.2, 0) is 26.2 Å². The third-order valence-corrected chi connectivity index (χ3v) is 9.55. The predicted octanol–water partition coefficient (Wildman–Crippen LogP) is 5.46. The van der Waals surface area contributed by atoms with Gasteiger partial charge in [-0.2, -0.15) is 0 Å². The van der Waals surface area contributed by atoms with E-state index in [0.717, 1.165) is 47.5 Å². The van der Waals surface area contributed by atoms with Gasteiger partial charge in [0.15, 0.2) is 0 Å². The molecule has 8 nitrogen and oxygen atoms in total. The van der Waals surface area contributed by atoms with Gasteiger partial charge < -0.3 is 15.0 Å². The second-order valence-electron chi connectivity index (χ2n) is 10.7. The average Bonchev–Trinajstić information content (AvgIpc) is 3.00. The van der Waals surface area contributed by atoms with E-state index in [1.54, 1.807) is 49.4 Å². The molecule has 4 rings (SSSR count). The van der Waals surface area contributed by atoms with Crippen LogP contribution in [0.3, 0.4) is 0 Å². The van der Waals surface area contributed by atoms with Gasteiger partial charge in [-0.15, -0.1) is 0 Å². The summed E-state index contributed by atoms with van der Waals surface area (Å²) in [7, 11) is -4.11. The van der Waals surface area contributed by atoms with Crippen molar-refractivity contribution in [3.8, 4) is 5.75 Å². The Morgan fingerprint density at radius 3 is 2.21 bits per heavy atom. The molecule has 0 spiro atoms. The molecule has 0 aliphatic heterocycles. The Kier molecular flexibility index (Phi) is 10.6. The number of hydrogen-bond donors (Lipinski definition) is 1. The molecular weight excluding hydrogens is 550 g/mol. The smallest absolute Gasteiger partial charge is 0.264 e. The van der Waals surface area contributed by atoms with Gasteiger partial charge in [0.25, 0.3) is 10.0 Å². The van der Waals surface area contributed by atoms with Gasteiger partial charge >= 0.3 is 0 Å². The van der Waals surface area contributed by atoms with Crippen LogP contribution in [0.2, 0.25) is 0 Å². The number of aryl methyl sites for hydroxylation is 1. The van der Waals surface area contributed by atoms with Gasteiger partial charge in [-0.25, -0.2) is 8.42 Å². The van der Waals surface area contributed by atoms with Gasteiger partial charge in [0.05, 0.1) is 17.2 Å². The Balaban J connectivity index is 1.67. The summed E-state index contributed by atoms with van der Waals surface area (Å²) in [5.74, 6) is -0.112. The highest BCUT2D eigenvalue weighted by Gasteiger charge is 2.33. The van der Waals surface area contributed by atoms with Crippen molar-refractivity contribution in [2.24, 2.45) is 0 Å². The molecule has 0 bridgehead atoms. The van der Waals surface area contributed by atoms with Crippen molar-refractivity contribution in [1.82, 2.24) is 10.2 Å². The maximum atomic E-state index is 14.1. The molecular formula is C33H41N3O5S.